The maximum absolute atomic E-state index is 12.1. The Balaban J connectivity index is 1.61. The van der Waals surface area contributed by atoms with Gasteiger partial charge in [0.05, 0.1) is 13.0 Å². The minimum absolute atomic E-state index is 0.0336. The Bertz CT molecular complexity index is 646. The molecule has 3 aliphatic rings. The summed E-state index contributed by atoms with van der Waals surface area (Å²) in [5.74, 6) is 1.59. The molecule has 1 spiro atoms. The van der Waals surface area contributed by atoms with Gasteiger partial charge >= 0.3 is 5.97 Å². The molecule has 0 bridgehead atoms. The molecule has 1 aliphatic heterocycles. The second-order valence-corrected chi connectivity index (χ2v) is 8.00. The number of fused-ring (bicyclic) bond motifs is 1. The molecule has 0 aromatic heterocycles. The third-order valence-corrected chi connectivity index (χ3v) is 6.16. The Morgan fingerprint density at radius 1 is 1.38 bits per heavy atom. The maximum atomic E-state index is 12.1. The van der Waals surface area contributed by atoms with Crippen LogP contribution in [0.5, 0.6) is 5.75 Å². The minimum Gasteiger partial charge on any atom is -0.487 e. The van der Waals surface area contributed by atoms with Crippen LogP contribution in [-0.2, 0) is 16.0 Å². The van der Waals surface area contributed by atoms with E-state index < -0.39 is 0 Å². The van der Waals surface area contributed by atoms with Gasteiger partial charge in [0, 0.05) is 18.9 Å². The van der Waals surface area contributed by atoms with Crippen LogP contribution in [0.15, 0.2) is 18.2 Å². The minimum atomic E-state index is -0.119. The molecular formula is C20H27NO3. The normalized spacial score (nSPS) is 30.7. The molecule has 24 heavy (non-hydrogen) atoms. The number of aryl methyl sites for hydroxylation is 1. The van der Waals surface area contributed by atoms with Gasteiger partial charge < -0.3 is 15.2 Å². The van der Waals surface area contributed by atoms with Crippen molar-refractivity contribution in [2.24, 2.45) is 17.6 Å². The lowest BCUT2D eigenvalue weighted by Gasteiger charge is -2.48. The fourth-order valence-corrected chi connectivity index (χ4v) is 4.67. The first-order valence-electron chi connectivity index (χ1n) is 9.16. The number of carbonyl (C=O) groups excluding carboxylic acids is 1. The quantitative estimate of drug-likeness (QED) is 0.862. The average molecular weight is 329 g/mol. The fraction of sp³-hybridized carbons (Fsp3) is 0.650. The van der Waals surface area contributed by atoms with Crippen LogP contribution < -0.4 is 10.5 Å². The van der Waals surface area contributed by atoms with Crippen molar-refractivity contribution < 1.29 is 14.3 Å². The Morgan fingerprint density at radius 3 is 2.75 bits per heavy atom. The van der Waals surface area contributed by atoms with Crippen LogP contribution in [0.2, 0.25) is 0 Å². The van der Waals surface area contributed by atoms with E-state index in [2.05, 4.69) is 18.2 Å². The van der Waals surface area contributed by atoms with Gasteiger partial charge in [-0.2, -0.15) is 0 Å². The van der Waals surface area contributed by atoms with Crippen molar-refractivity contribution >= 4 is 5.97 Å². The van der Waals surface area contributed by atoms with Crippen molar-refractivity contribution in [2.45, 2.75) is 63.0 Å². The highest BCUT2D eigenvalue weighted by Crippen LogP contribution is 2.49. The highest BCUT2D eigenvalue weighted by Gasteiger charge is 2.47. The average Bonchev–Trinajstić information content (AvgIpc) is 3.37. The SMILES string of the molecule is COC(=O)C(C)C(c1ccc2c(c1)OC1(CC2)CC(N)C1)C1CC1. The molecule has 0 radical (unpaired) electrons. The molecule has 4 nitrogen and oxygen atoms in total. The van der Waals surface area contributed by atoms with Crippen LogP contribution in [0.3, 0.4) is 0 Å². The van der Waals surface area contributed by atoms with Gasteiger partial charge in [-0.1, -0.05) is 19.1 Å². The smallest absolute Gasteiger partial charge is 0.309 e. The molecule has 4 rings (SSSR count). The molecule has 1 aromatic rings. The Hall–Kier alpha value is -1.55. The first kappa shape index (κ1) is 15.9. The van der Waals surface area contributed by atoms with Crippen molar-refractivity contribution in [1.82, 2.24) is 0 Å². The lowest BCUT2D eigenvalue weighted by atomic mass is 9.71. The predicted octanol–water partition coefficient (Wildman–Crippen LogP) is 3.17. The van der Waals surface area contributed by atoms with E-state index in [1.807, 2.05) is 6.92 Å². The number of carbonyl (C=O) groups is 1. The molecule has 130 valence electrons. The van der Waals surface area contributed by atoms with Crippen molar-refractivity contribution in [2.75, 3.05) is 7.11 Å². The lowest BCUT2D eigenvalue weighted by molar-refractivity contribution is -0.145. The zero-order chi connectivity index (χ0) is 16.9. The fourth-order valence-electron chi connectivity index (χ4n) is 4.67. The Morgan fingerprint density at radius 2 is 2.12 bits per heavy atom. The summed E-state index contributed by atoms with van der Waals surface area (Å²) in [6.45, 7) is 1.99. The molecule has 1 aromatic carbocycles. The van der Waals surface area contributed by atoms with Crippen LogP contribution in [0, 0.1) is 11.8 Å². The van der Waals surface area contributed by atoms with Crippen LogP contribution in [0.1, 0.15) is 56.1 Å². The standard InChI is InChI=1S/C20H27NO3/c1-12(19(22)23-2)18(14-4-5-14)15-6-3-13-7-8-20(10-16(21)11-20)24-17(13)9-15/h3,6,9,12,14,16,18H,4-5,7-8,10-11,21H2,1-2H3. The molecule has 0 amide bonds. The van der Waals surface area contributed by atoms with E-state index in [4.69, 9.17) is 15.2 Å². The highest BCUT2D eigenvalue weighted by atomic mass is 16.5. The van der Waals surface area contributed by atoms with E-state index in [0.29, 0.717) is 5.92 Å². The summed E-state index contributed by atoms with van der Waals surface area (Å²) in [7, 11) is 1.47. The molecule has 0 saturated heterocycles. The lowest BCUT2D eigenvalue weighted by Crippen LogP contribution is -2.56. The third-order valence-electron chi connectivity index (χ3n) is 6.16. The highest BCUT2D eigenvalue weighted by molar-refractivity contribution is 5.73. The second-order valence-electron chi connectivity index (χ2n) is 8.00. The number of nitrogens with two attached hydrogens (primary N) is 1. The number of methoxy groups -OCH3 is 1. The molecule has 2 aliphatic carbocycles. The molecule has 4 heteroatoms. The van der Waals surface area contributed by atoms with E-state index in [9.17, 15) is 4.79 Å². The third kappa shape index (κ3) is 2.71. The van der Waals surface area contributed by atoms with Gasteiger partial charge in [0.25, 0.3) is 0 Å². The maximum Gasteiger partial charge on any atom is 0.309 e. The second kappa shape index (κ2) is 5.76. The van der Waals surface area contributed by atoms with Gasteiger partial charge in [0.1, 0.15) is 11.4 Å². The van der Waals surface area contributed by atoms with Gasteiger partial charge in [-0.05, 0) is 54.7 Å². The molecule has 2 atom stereocenters. The van der Waals surface area contributed by atoms with Gasteiger partial charge in [0.15, 0.2) is 0 Å². The van der Waals surface area contributed by atoms with E-state index in [1.54, 1.807) is 0 Å². The summed E-state index contributed by atoms with van der Waals surface area (Å²) in [6, 6.07) is 6.85. The topological polar surface area (TPSA) is 61.5 Å². The van der Waals surface area contributed by atoms with E-state index in [-0.39, 0.29) is 29.4 Å². The number of esters is 1. The summed E-state index contributed by atoms with van der Waals surface area (Å²) in [5, 5.41) is 0. The number of hydrogen-bond donors (Lipinski definition) is 1. The molecule has 2 saturated carbocycles. The number of rotatable bonds is 4. The van der Waals surface area contributed by atoms with Crippen LogP contribution >= 0.6 is 0 Å². The molecular weight excluding hydrogens is 302 g/mol. The van der Waals surface area contributed by atoms with Gasteiger partial charge in [-0.3, -0.25) is 4.79 Å². The van der Waals surface area contributed by atoms with E-state index in [1.165, 1.54) is 31.1 Å². The van der Waals surface area contributed by atoms with Crippen LogP contribution in [0.4, 0.5) is 0 Å². The van der Waals surface area contributed by atoms with Gasteiger partial charge in [-0.25, -0.2) is 0 Å². The van der Waals surface area contributed by atoms with Crippen molar-refractivity contribution in [3.8, 4) is 5.75 Å². The predicted molar refractivity (Wildman–Crippen MR) is 92.0 cm³/mol. The number of benzene rings is 1. The summed E-state index contributed by atoms with van der Waals surface area (Å²) in [6.07, 6.45) is 6.44. The summed E-state index contributed by atoms with van der Waals surface area (Å²) in [4.78, 5) is 12.1. The Kier molecular flexibility index (Phi) is 3.83. The summed E-state index contributed by atoms with van der Waals surface area (Å²) < 4.78 is 11.4. The number of ether oxygens (including phenoxy) is 2. The van der Waals surface area contributed by atoms with Gasteiger partial charge in [0.2, 0.25) is 0 Å². The first-order valence-corrected chi connectivity index (χ1v) is 9.16. The molecule has 2 unspecified atom stereocenters. The van der Waals surface area contributed by atoms with Gasteiger partial charge in [-0.15, -0.1) is 0 Å². The summed E-state index contributed by atoms with van der Waals surface area (Å²) >= 11 is 0. The van der Waals surface area contributed by atoms with Crippen LogP contribution in [0.25, 0.3) is 0 Å². The monoisotopic (exact) mass is 329 g/mol. The molecule has 2 N–H and O–H groups in total. The van der Waals surface area contributed by atoms with E-state index in [0.717, 1.165) is 31.4 Å². The molecule has 1 heterocycles. The van der Waals surface area contributed by atoms with E-state index >= 15 is 0 Å². The van der Waals surface area contributed by atoms with Crippen molar-refractivity contribution in [3.05, 3.63) is 29.3 Å². The van der Waals surface area contributed by atoms with Crippen LogP contribution in [-0.4, -0.2) is 24.7 Å². The zero-order valence-electron chi connectivity index (χ0n) is 14.6. The molecule has 2 fully saturated rings. The zero-order valence-corrected chi connectivity index (χ0v) is 14.6. The Labute approximate surface area is 143 Å². The number of hydrogen-bond acceptors (Lipinski definition) is 4. The van der Waals surface area contributed by atoms with Crippen molar-refractivity contribution in [1.29, 1.82) is 0 Å². The summed E-state index contributed by atoms with van der Waals surface area (Å²) in [5.41, 5.74) is 8.45. The first-order chi connectivity index (χ1) is 11.5. The van der Waals surface area contributed by atoms with Crippen molar-refractivity contribution in [3.63, 3.8) is 0 Å². The largest absolute Gasteiger partial charge is 0.487 e.